The molecule has 2 N–H and O–H groups in total. The number of nitrogens with one attached hydrogen (secondary N) is 1. The van der Waals surface area contributed by atoms with Gasteiger partial charge in [-0.1, -0.05) is 55.7 Å². The summed E-state index contributed by atoms with van der Waals surface area (Å²) in [5.41, 5.74) is 2.48. The zero-order valence-corrected chi connectivity index (χ0v) is 19.0. The summed E-state index contributed by atoms with van der Waals surface area (Å²) in [5, 5.41) is 15.0. The van der Waals surface area contributed by atoms with Crippen molar-refractivity contribution in [1.82, 2.24) is 10.2 Å². The molecule has 0 radical (unpaired) electrons. The maximum absolute atomic E-state index is 13.6. The summed E-state index contributed by atoms with van der Waals surface area (Å²) < 4.78 is 13.6. The molecule has 30 heavy (non-hydrogen) atoms. The van der Waals surface area contributed by atoms with E-state index in [1.807, 2.05) is 6.07 Å². The van der Waals surface area contributed by atoms with E-state index in [1.165, 1.54) is 18.1 Å². The van der Waals surface area contributed by atoms with Crippen LogP contribution in [0.15, 0.2) is 48.5 Å². The molecule has 2 aliphatic rings. The van der Waals surface area contributed by atoms with Gasteiger partial charge in [0.1, 0.15) is 5.82 Å². The van der Waals surface area contributed by atoms with Gasteiger partial charge in [0.05, 0.1) is 5.60 Å². The largest absolute Gasteiger partial charge is 0.389 e. The van der Waals surface area contributed by atoms with E-state index in [2.05, 4.69) is 34.5 Å². The molecule has 1 unspecified atom stereocenters. The van der Waals surface area contributed by atoms with E-state index < -0.39 is 5.60 Å². The highest BCUT2D eigenvalue weighted by Crippen LogP contribution is 2.41. The molecule has 0 bridgehead atoms. The van der Waals surface area contributed by atoms with E-state index in [9.17, 15) is 9.50 Å². The standard InChI is InChI=1S/C24H31FN2O.2ClH/c25-22-6-4-5-21(17-22)19-7-9-20(10-8-19)23(18-27-15-13-26-14-16-27)24(28)11-2-1-3-12-24;;/h4-10,17,23,26,28H,1-3,11-16,18H2;2*1H. The van der Waals surface area contributed by atoms with Crippen LogP contribution in [0.5, 0.6) is 0 Å². The fourth-order valence-electron chi connectivity index (χ4n) is 4.83. The first kappa shape index (κ1) is 25.1. The Hall–Kier alpha value is -1.17. The normalized spacial score (nSPS) is 19.9. The third-order valence-electron chi connectivity index (χ3n) is 6.49. The highest BCUT2D eigenvalue weighted by Gasteiger charge is 2.39. The Labute approximate surface area is 191 Å². The Bertz CT molecular complexity index is 775. The second-order valence-corrected chi connectivity index (χ2v) is 8.40. The lowest BCUT2D eigenvalue weighted by Crippen LogP contribution is -2.49. The van der Waals surface area contributed by atoms with Crippen LogP contribution in [0.25, 0.3) is 11.1 Å². The molecule has 6 heteroatoms. The molecule has 0 aromatic heterocycles. The van der Waals surface area contributed by atoms with Crippen molar-refractivity contribution >= 4 is 24.8 Å². The summed E-state index contributed by atoms with van der Waals surface area (Å²) in [6, 6.07) is 15.1. The number of benzene rings is 2. The first-order valence-corrected chi connectivity index (χ1v) is 10.7. The third-order valence-corrected chi connectivity index (χ3v) is 6.49. The monoisotopic (exact) mass is 454 g/mol. The van der Waals surface area contributed by atoms with Gasteiger partial charge in [-0.3, -0.25) is 0 Å². The first-order valence-electron chi connectivity index (χ1n) is 10.7. The van der Waals surface area contributed by atoms with E-state index in [0.717, 1.165) is 69.5 Å². The molecule has 0 amide bonds. The van der Waals surface area contributed by atoms with Crippen LogP contribution in [0.2, 0.25) is 0 Å². The summed E-state index contributed by atoms with van der Waals surface area (Å²) in [6.07, 6.45) is 5.21. The predicted octanol–water partition coefficient (Wildman–Crippen LogP) is 5.02. The molecule has 1 saturated heterocycles. The van der Waals surface area contributed by atoms with Crippen molar-refractivity contribution in [3.63, 3.8) is 0 Å². The van der Waals surface area contributed by atoms with Crippen molar-refractivity contribution < 1.29 is 9.50 Å². The summed E-state index contributed by atoms with van der Waals surface area (Å²) in [7, 11) is 0. The topological polar surface area (TPSA) is 35.5 Å². The fraction of sp³-hybridized carbons (Fsp3) is 0.500. The molecule has 1 aliphatic heterocycles. The van der Waals surface area contributed by atoms with Crippen LogP contribution >= 0.6 is 24.8 Å². The third kappa shape index (κ3) is 5.95. The van der Waals surface area contributed by atoms with E-state index in [0.29, 0.717) is 0 Å². The predicted molar refractivity (Wildman–Crippen MR) is 126 cm³/mol. The van der Waals surface area contributed by atoms with E-state index in [4.69, 9.17) is 0 Å². The maximum atomic E-state index is 13.6. The highest BCUT2D eigenvalue weighted by molar-refractivity contribution is 5.85. The maximum Gasteiger partial charge on any atom is 0.123 e. The lowest BCUT2D eigenvalue weighted by Gasteiger charge is -2.42. The molecule has 1 aliphatic carbocycles. The van der Waals surface area contributed by atoms with Gasteiger partial charge >= 0.3 is 0 Å². The van der Waals surface area contributed by atoms with Crippen molar-refractivity contribution in [3.05, 3.63) is 59.9 Å². The molecule has 4 rings (SSSR count). The van der Waals surface area contributed by atoms with Gasteiger partial charge < -0.3 is 15.3 Å². The number of aliphatic hydroxyl groups is 1. The number of nitrogens with zero attached hydrogens (tertiary/aromatic N) is 1. The minimum atomic E-state index is -0.622. The first-order chi connectivity index (χ1) is 13.6. The number of hydrogen-bond acceptors (Lipinski definition) is 3. The number of halogens is 3. The molecule has 1 saturated carbocycles. The molecule has 3 nitrogen and oxygen atoms in total. The highest BCUT2D eigenvalue weighted by atomic mass is 35.5. The Kier molecular flexibility index (Phi) is 9.58. The van der Waals surface area contributed by atoms with Crippen LogP contribution in [0.3, 0.4) is 0 Å². The minimum absolute atomic E-state index is 0. The average molecular weight is 455 g/mol. The number of rotatable bonds is 5. The lowest BCUT2D eigenvalue weighted by molar-refractivity contribution is -0.0316. The molecule has 1 heterocycles. The van der Waals surface area contributed by atoms with Crippen molar-refractivity contribution in [2.75, 3.05) is 32.7 Å². The van der Waals surface area contributed by atoms with Gasteiger partial charge in [0, 0.05) is 38.6 Å². The van der Waals surface area contributed by atoms with Crippen molar-refractivity contribution in [3.8, 4) is 11.1 Å². The smallest absolute Gasteiger partial charge is 0.123 e. The summed E-state index contributed by atoms with van der Waals surface area (Å²) in [5.74, 6) is -0.0952. The van der Waals surface area contributed by atoms with Gasteiger partial charge in [-0.2, -0.15) is 0 Å². The zero-order valence-electron chi connectivity index (χ0n) is 17.4. The Balaban J connectivity index is 0.00000160. The second kappa shape index (κ2) is 11.4. The molecule has 2 fully saturated rings. The number of piperazine rings is 1. The van der Waals surface area contributed by atoms with Gasteiger partial charge in [-0.25, -0.2) is 4.39 Å². The zero-order chi connectivity index (χ0) is 19.4. The van der Waals surface area contributed by atoms with Gasteiger partial charge in [0.15, 0.2) is 0 Å². The van der Waals surface area contributed by atoms with E-state index in [1.54, 1.807) is 12.1 Å². The van der Waals surface area contributed by atoms with Gasteiger partial charge in [0.2, 0.25) is 0 Å². The molecular weight excluding hydrogens is 422 g/mol. The van der Waals surface area contributed by atoms with Crippen molar-refractivity contribution in [1.29, 1.82) is 0 Å². The molecule has 0 spiro atoms. The molecule has 166 valence electrons. The van der Waals surface area contributed by atoms with Crippen molar-refractivity contribution in [2.24, 2.45) is 0 Å². The van der Waals surface area contributed by atoms with Crippen LogP contribution in [0.4, 0.5) is 4.39 Å². The van der Waals surface area contributed by atoms with Gasteiger partial charge in [0.25, 0.3) is 0 Å². The van der Waals surface area contributed by atoms with Crippen LogP contribution in [-0.2, 0) is 0 Å². The molecule has 2 aromatic carbocycles. The quantitative estimate of drug-likeness (QED) is 0.665. The van der Waals surface area contributed by atoms with Crippen molar-refractivity contribution in [2.45, 2.75) is 43.6 Å². The van der Waals surface area contributed by atoms with E-state index in [-0.39, 0.29) is 36.5 Å². The van der Waals surface area contributed by atoms with Gasteiger partial charge in [-0.05, 0) is 41.7 Å². The SMILES string of the molecule is Cl.Cl.OC1(C(CN2CCNCC2)c2ccc(-c3cccc(F)c3)cc2)CCCCC1. The molecule has 2 aromatic rings. The summed E-state index contributed by atoms with van der Waals surface area (Å²) >= 11 is 0. The lowest BCUT2D eigenvalue weighted by atomic mass is 9.72. The average Bonchev–Trinajstić information content (AvgIpc) is 2.73. The van der Waals surface area contributed by atoms with E-state index >= 15 is 0 Å². The molecular formula is C24H33Cl2FN2O. The Morgan fingerprint density at radius 3 is 2.23 bits per heavy atom. The van der Waals surface area contributed by atoms with Crippen LogP contribution < -0.4 is 5.32 Å². The van der Waals surface area contributed by atoms with Crippen LogP contribution in [-0.4, -0.2) is 48.3 Å². The Morgan fingerprint density at radius 2 is 1.60 bits per heavy atom. The molecule has 1 atom stereocenters. The summed E-state index contributed by atoms with van der Waals surface area (Å²) in [4.78, 5) is 2.48. The van der Waals surface area contributed by atoms with Gasteiger partial charge in [-0.15, -0.1) is 24.8 Å². The van der Waals surface area contributed by atoms with Crippen LogP contribution in [0, 0.1) is 5.82 Å². The fourth-order valence-corrected chi connectivity index (χ4v) is 4.83. The second-order valence-electron chi connectivity index (χ2n) is 8.40. The summed E-state index contributed by atoms with van der Waals surface area (Å²) in [6.45, 7) is 5.01. The Morgan fingerprint density at radius 1 is 0.933 bits per heavy atom. The number of hydrogen-bond donors (Lipinski definition) is 2. The van der Waals surface area contributed by atoms with Crippen LogP contribution in [0.1, 0.15) is 43.6 Å². The minimum Gasteiger partial charge on any atom is -0.389 e.